The molecule has 1 saturated heterocycles. The minimum Gasteiger partial charge on any atom is -0.391 e. The number of carbonyl (C=O) groups is 1. The number of alkyl halides is 1. The SMILES string of the molecule is O=C1CC(CBr)CN1[C@H]1CCCC[C@@H]1O. The van der Waals surface area contributed by atoms with Crippen molar-refractivity contribution < 1.29 is 9.90 Å². The van der Waals surface area contributed by atoms with Crippen LogP contribution in [0.4, 0.5) is 0 Å². The number of aliphatic hydroxyl groups is 1. The summed E-state index contributed by atoms with van der Waals surface area (Å²) in [5, 5.41) is 10.8. The Kier molecular flexibility index (Phi) is 3.67. The van der Waals surface area contributed by atoms with Crippen molar-refractivity contribution in [2.75, 3.05) is 11.9 Å². The highest BCUT2D eigenvalue weighted by Gasteiger charge is 2.37. The number of aliphatic hydroxyl groups excluding tert-OH is 1. The molecule has 1 N–H and O–H groups in total. The van der Waals surface area contributed by atoms with Crippen molar-refractivity contribution in [2.24, 2.45) is 5.92 Å². The van der Waals surface area contributed by atoms with Crippen LogP contribution >= 0.6 is 15.9 Å². The van der Waals surface area contributed by atoms with E-state index in [-0.39, 0.29) is 18.1 Å². The molecule has 1 aliphatic carbocycles. The quantitative estimate of drug-likeness (QED) is 0.777. The molecule has 0 aromatic rings. The molecule has 0 spiro atoms. The third-order valence-electron chi connectivity index (χ3n) is 3.55. The van der Waals surface area contributed by atoms with Gasteiger partial charge in [0, 0.05) is 18.3 Å². The van der Waals surface area contributed by atoms with E-state index in [4.69, 9.17) is 0 Å². The van der Waals surface area contributed by atoms with Crippen LogP contribution in [0, 0.1) is 5.92 Å². The molecule has 4 heteroatoms. The van der Waals surface area contributed by atoms with Crippen molar-refractivity contribution in [1.82, 2.24) is 4.90 Å². The van der Waals surface area contributed by atoms with E-state index < -0.39 is 0 Å². The largest absolute Gasteiger partial charge is 0.391 e. The van der Waals surface area contributed by atoms with E-state index in [1.807, 2.05) is 4.90 Å². The molecule has 15 heavy (non-hydrogen) atoms. The third-order valence-corrected chi connectivity index (χ3v) is 4.47. The molecular weight excluding hydrogens is 258 g/mol. The Balaban J connectivity index is 2.00. The number of hydrogen-bond acceptors (Lipinski definition) is 2. The maximum atomic E-state index is 11.8. The molecule has 0 aromatic heterocycles. The lowest BCUT2D eigenvalue weighted by molar-refractivity contribution is -0.133. The fourth-order valence-electron chi connectivity index (χ4n) is 2.69. The standard InChI is InChI=1S/C11H18BrNO2/c12-6-8-5-11(15)13(7-8)9-3-1-2-4-10(9)14/h8-10,14H,1-7H2/t8?,9-,10-/m0/s1. The minimum atomic E-state index is -0.295. The van der Waals surface area contributed by atoms with Gasteiger partial charge in [0.2, 0.25) is 5.91 Å². The highest BCUT2D eigenvalue weighted by atomic mass is 79.9. The molecule has 0 radical (unpaired) electrons. The Morgan fingerprint density at radius 2 is 2.13 bits per heavy atom. The van der Waals surface area contributed by atoms with Gasteiger partial charge in [0.05, 0.1) is 12.1 Å². The van der Waals surface area contributed by atoms with Crippen LogP contribution in [-0.2, 0) is 4.79 Å². The lowest BCUT2D eigenvalue weighted by atomic mass is 9.91. The van der Waals surface area contributed by atoms with Crippen molar-refractivity contribution in [1.29, 1.82) is 0 Å². The maximum Gasteiger partial charge on any atom is 0.223 e. The molecular formula is C11H18BrNO2. The van der Waals surface area contributed by atoms with Gasteiger partial charge in [-0.05, 0) is 18.8 Å². The van der Waals surface area contributed by atoms with Crippen LogP contribution in [0.3, 0.4) is 0 Å². The van der Waals surface area contributed by atoms with Crippen LogP contribution in [0.5, 0.6) is 0 Å². The number of carbonyl (C=O) groups excluding carboxylic acids is 1. The van der Waals surface area contributed by atoms with Crippen LogP contribution in [0.15, 0.2) is 0 Å². The number of hydrogen-bond donors (Lipinski definition) is 1. The van der Waals surface area contributed by atoms with Crippen LogP contribution in [-0.4, -0.2) is 39.9 Å². The second-order valence-electron chi connectivity index (χ2n) is 4.69. The van der Waals surface area contributed by atoms with Gasteiger partial charge in [-0.1, -0.05) is 28.8 Å². The highest BCUT2D eigenvalue weighted by molar-refractivity contribution is 9.09. The van der Waals surface area contributed by atoms with Gasteiger partial charge in [-0.25, -0.2) is 0 Å². The van der Waals surface area contributed by atoms with Gasteiger partial charge < -0.3 is 10.0 Å². The lowest BCUT2D eigenvalue weighted by Gasteiger charge is -2.35. The summed E-state index contributed by atoms with van der Waals surface area (Å²) >= 11 is 3.43. The molecule has 1 aliphatic heterocycles. The van der Waals surface area contributed by atoms with E-state index in [1.54, 1.807) is 0 Å². The van der Waals surface area contributed by atoms with Crippen LogP contribution in [0.2, 0.25) is 0 Å². The Morgan fingerprint density at radius 1 is 1.40 bits per heavy atom. The van der Waals surface area contributed by atoms with Gasteiger partial charge in [0.1, 0.15) is 0 Å². The zero-order valence-corrected chi connectivity index (χ0v) is 10.4. The Labute approximate surface area is 99.0 Å². The number of likely N-dealkylation sites (tertiary alicyclic amines) is 1. The molecule has 1 amide bonds. The lowest BCUT2D eigenvalue weighted by Crippen LogP contribution is -2.46. The molecule has 1 unspecified atom stereocenters. The summed E-state index contributed by atoms with van der Waals surface area (Å²) in [5.74, 6) is 0.664. The zero-order chi connectivity index (χ0) is 10.8. The Morgan fingerprint density at radius 3 is 2.73 bits per heavy atom. The number of amides is 1. The fraction of sp³-hybridized carbons (Fsp3) is 0.909. The first kappa shape index (κ1) is 11.4. The minimum absolute atomic E-state index is 0.0929. The number of rotatable bonds is 2. The maximum absolute atomic E-state index is 11.8. The summed E-state index contributed by atoms with van der Waals surface area (Å²) in [7, 11) is 0. The summed E-state index contributed by atoms with van der Waals surface area (Å²) in [6.07, 6.45) is 4.42. The first-order chi connectivity index (χ1) is 7.22. The average Bonchev–Trinajstić information content (AvgIpc) is 2.60. The molecule has 2 rings (SSSR count). The van der Waals surface area contributed by atoms with Crippen molar-refractivity contribution in [3.8, 4) is 0 Å². The number of halogens is 1. The number of nitrogens with zero attached hydrogens (tertiary/aromatic N) is 1. The molecule has 2 fully saturated rings. The van der Waals surface area contributed by atoms with Crippen LogP contribution in [0.25, 0.3) is 0 Å². The van der Waals surface area contributed by atoms with Crippen molar-refractivity contribution >= 4 is 21.8 Å². The normalized spacial score (nSPS) is 37.3. The Hall–Kier alpha value is -0.0900. The summed E-state index contributed by atoms with van der Waals surface area (Å²) in [4.78, 5) is 13.7. The first-order valence-electron chi connectivity index (χ1n) is 5.76. The summed E-state index contributed by atoms with van der Waals surface area (Å²) in [6, 6.07) is 0.0929. The second kappa shape index (κ2) is 4.83. The molecule has 1 heterocycles. The molecule has 1 saturated carbocycles. The molecule has 3 nitrogen and oxygen atoms in total. The van der Waals surface area contributed by atoms with Gasteiger partial charge in [-0.3, -0.25) is 4.79 Å². The molecule has 0 bridgehead atoms. The van der Waals surface area contributed by atoms with Gasteiger partial charge >= 0.3 is 0 Å². The van der Waals surface area contributed by atoms with E-state index in [1.165, 1.54) is 0 Å². The Bertz CT molecular complexity index is 247. The van der Waals surface area contributed by atoms with Gasteiger partial charge in [-0.2, -0.15) is 0 Å². The highest BCUT2D eigenvalue weighted by Crippen LogP contribution is 2.29. The molecule has 2 aliphatic rings. The summed E-state index contributed by atoms with van der Waals surface area (Å²) < 4.78 is 0. The van der Waals surface area contributed by atoms with Crippen molar-refractivity contribution in [3.63, 3.8) is 0 Å². The van der Waals surface area contributed by atoms with Gasteiger partial charge in [0.25, 0.3) is 0 Å². The molecule has 0 aromatic carbocycles. The van der Waals surface area contributed by atoms with Gasteiger partial charge in [-0.15, -0.1) is 0 Å². The van der Waals surface area contributed by atoms with Crippen molar-refractivity contribution in [2.45, 2.75) is 44.2 Å². The smallest absolute Gasteiger partial charge is 0.223 e. The van der Waals surface area contributed by atoms with Crippen LogP contribution in [0.1, 0.15) is 32.1 Å². The summed E-state index contributed by atoms with van der Waals surface area (Å²) in [5.41, 5.74) is 0. The zero-order valence-electron chi connectivity index (χ0n) is 8.86. The summed E-state index contributed by atoms with van der Waals surface area (Å²) in [6.45, 7) is 0.825. The van der Waals surface area contributed by atoms with E-state index >= 15 is 0 Å². The first-order valence-corrected chi connectivity index (χ1v) is 6.88. The average molecular weight is 276 g/mol. The predicted octanol–water partition coefficient (Wildman–Crippen LogP) is 1.53. The fourth-order valence-corrected chi connectivity index (χ4v) is 3.12. The van der Waals surface area contributed by atoms with E-state index in [0.717, 1.165) is 37.6 Å². The van der Waals surface area contributed by atoms with Crippen LogP contribution < -0.4 is 0 Å². The van der Waals surface area contributed by atoms with Crippen molar-refractivity contribution in [3.05, 3.63) is 0 Å². The third kappa shape index (κ3) is 2.36. The van der Waals surface area contributed by atoms with E-state index in [9.17, 15) is 9.90 Å². The monoisotopic (exact) mass is 275 g/mol. The second-order valence-corrected chi connectivity index (χ2v) is 5.34. The van der Waals surface area contributed by atoms with E-state index in [0.29, 0.717) is 12.3 Å². The van der Waals surface area contributed by atoms with Gasteiger partial charge in [0.15, 0.2) is 0 Å². The molecule has 86 valence electrons. The predicted molar refractivity (Wildman–Crippen MR) is 61.9 cm³/mol. The van der Waals surface area contributed by atoms with E-state index in [2.05, 4.69) is 15.9 Å². The topological polar surface area (TPSA) is 40.5 Å². The molecule has 3 atom stereocenters.